The number of carbonyl (C=O) groups is 1. The van der Waals surface area contributed by atoms with E-state index in [1.54, 1.807) is 18.3 Å². The second-order valence-electron chi connectivity index (χ2n) is 5.71. The van der Waals surface area contributed by atoms with Crippen molar-refractivity contribution in [2.24, 2.45) is 0 Å². The van der Waals surface area contributed by atoms with Crippen molar-refractivity contribution in [1.82, 2.24) is 4.98 Å². The van der Waals surface area contributed by atoms with Crippen LogP contribution in [-0.2, 0) is 0 Å². The van der Waals surface area contributed by atoms with Gasteiger partial charge in [-0.3, -0.25) is 4.79 Å². The number of benzene rings is 1. The number of nitrogens with one attached hydrogen (secondary N) is 1. The summed E-state index contributed by atoms with van der Waals surface area (Å²) in [6, 6.07) is 9.38. The lowest BCUT2D eigenvalue weighted by Crippen LogP contribution is -2.17. The monoisotopic (exact) mass is 328 g/mol. The van der Waals surface area contributed by atoms with E-state index in [1.807, 2.05) is 43.8 Å². The lowest BCUT2D eigenvalue weighted by Gasteiger charge is -2.13. The molecule has 1 aliphatic heterocycles. The molecule has 0 spiro atoms. The molecule has 1 unspecified atom stereocenters. The number of rotatable bonds is 4. The fourth-order valence-electron chi connectivity index (χ4n) is 2.59. The first kappa shape index (κ1) is 15.9. The number of aromatic nitrogens is 1. The molecule has 2 heterocycles. The summed E-state index contributed by atoms with van der Waals surface area (Å²) in [6.07, 6.45) is 2.85. The van der Waals surface area contributed by atoms with E-state index in [2.05, 4.69) is 10.3 Å². The minimum absolute atomic E-state index is 0.143. The topological polar surface area (TPSA) is 51.2 Å². The largest absolute Gasteiger partial charge is 0.473 e. The molecule has 1 aromatic heterocycles. The van der Waals surface area contributed by atoms with Gasteiger partial charge in [0.05, 0.1) is 0 Å². The Balaban J connectivity index is 1.74. The number of aryl methyl sites for hydroxylation is 2. The third-order valence-electron chi connectivity index (χ3n) is 3.89. The third-order valence-corrected chi connectivity index (χ3v) is 5.02. The Morgan fingerprint density at radius 2 is 2.09 bits per heavy atom. The Kier molecular flexibility index (Phi) is 4.86. The van der Waals surface area contributed by atoms with E-state index in [9.17, 15) is 4.79 Å². The van der Waals surface area contributed by atoms with Crippen molar-refractivity contribution in [3.05, 3.63) is 53.2 Å². The van der Waals surface area contributed by atoms with Gasteiger partial charge in [0.25, 0.3) is 5.91 Å². The summed E-state index contributed by atoms with van der Waals surface area (Å²) in [5, 5.41) is 2.99. The van der Waals surface area contributed by atoms with Crippen molar-refractivity contribution in [1.29, 1.82) is 0 Å². The maximum absolute atomic E-state index is 12.5. The van der Waals surface area contributed by atoms with Gasteiger partial charge >= 0.3 is 0 Å². The van der Waals surface area contributed by atoms with Crippen LogP contribution in [0, 0.1) is 13.8 Å². The molecule has 1 fully saturated rings. The number of hydrogen-bond acceptors (Lipinski definition) is 4. The maximum atomic E-state index is 12.5. The summed E-state index contributed by atoms with van der Waals surface area (Å²) in [5.41, 5.74) is 3.52. The Labute approximate surface area is 140 Å². The predicted octanol–water partition coefficient (Wildman–Crippen LogP) is 3.84. The normalized spacial score (nSPS) is 17.0. The van der Waals surface area contributed by atoms with Crippen LogP contribution in [0.5, 0.6) is 5.88 Å². The molecule has 5 heteroatoms. The number of anilines is 1. The molecule has 0 bridgehead atoms. The Morgan fingerprint density at radius 3 is 2.78 bits per heavy atom. The van der Waals surface area contributed by atoms with Crippen molar-refractivity contribution >= 4 is 23.4 Å². The molecule has 0 radical (unpaired) electrons. The number of pyridine rings is 1. The number of thioether (sulfide) groups is 1. The fraction of sp³-hybridized carbons (Fsp3) is 0.333. The molecule has 1 atom stereocenters. The highest BCUT2D eigenvalue weighted by Gasteiger charge is 2.18. The number of amides is 1. The molecule has 3 rings (SSSR count). The molecular weight excluding hydrogens is 308 g/mol. The van der Waals surface area contributed by atoms with E-state index in [1.165, 1.54) is 0 Å². The highest BCUT2D eigenvalue weighted by atomic mass is 32.2. The number of nitrogens with zero attached hydrogens (tertiary/aromatic N) is 1. The van der Waals surface area contributed by atoms with Crippen LogP contribution < -0.4 is 10.1 Å². The quantitative estimate of drug-likeness (QED) is 0.926. The maximum Gasteiger partial charge on any atom is 0.255 e. The molecule has 0 aliphatic carbocycles. The zero-order chi connectivity index (χ0) is 16.2. The molecule has 1 saturated heterocycles. The molecule has 1 N–H and O–H groups in total. The van der Waals surface area contributed by atoms with Crippen LogP contribution in [0.3, 0.4) is 0 Å². The molecule has 2 aromatic rings. The lowest BCUT2D eigenvalue weighted by atomic mass is 10.1. The SMILES string of the molecule is Cc1cccc(C)c1NC(=O)c1ccnc(OC2CCSC2)c1. The summed E-state index contributed by atoms with van der Waals surface area (Å²) in [4.78, 5) is 16.7. The van der Waals surface area contributed by atoms with Gasteiger partial charge in [-0.05, 0) is 43.2 Å². The molecule has 0 saturated carbocycles. The molecule has 23 heavy (non-hydrogen) atoms. The van der Waals surface area contributed by atoms with Crippen molar-refractivity contribution in [2.45, 2.75) is 26.4 Å². The molecule has 1 amide bonds. The lowest BCUT2D eigenvalue weighted by molar-refractivity contribution is 0.102. The number of ether oxygens (including phenoxy) is 1. The average molecular weight is 328 g/mol. The van der Waals surface area contributed by atoms with E-state index >= 15 is 0 Å². The molecular formula is C18H20N2O2S. The fourth-order valence-corrected chi connectivity index (χ4v) is 3.68. The van der Waals surface area contributed by atoms with E-state index in [0.29, 0.717) is 11.4 Å². The van der Waals surface area contributed by atoms with Crippen LogP contribution >= 0.6 is 11.8 Å². The minimum atomic E-state index is -0.143. The smallest absolute Gasteiger partial charge is 0.255 e. The molecule has 4 nitrogen and oxygen atoms in total. The van der Waals surface area contributed by atoms with Gasteiger partial charge in [0, 0.05) is 29.3 Å². The summed E-state index contributed by atoms with van der Waals surface area (Å²) in [7, 11) is 0. The van der Waals surface area contributed by atoms with Gasteiger partial charge in [-0.2, -0.15) is 11.8 Å². The zero-order valence-electron chi connectivity index (χ0n) is 13.3. The summed E-state index contributed by atoms with van der Waals surface area (Å²) < 4.78 is 5.85. The number of carbonyl (C=O) groups excluding carboxylic acids is 1. The van der Waals surface area contributed by atoms with Crippen LogP contribution in [0.25, 0.3) is 0 Å². The minimum Gasteiger partial charge on any atom is -0.473 e. The molecule has 120 valence electrons. The first-order valence-corrected chi connectivity index (χ1v) is 8.87. The van der Waals surface area contributed by atoms with E-state index in [0.717, 1.165) is 34.7 Å². The summed E-state index contributed by atoms with van der Waals surface area (Å²) in [6.45, 7) is 3.98. The molecule has 1 aliphatic rings. The van der Waals surface area contributed by atoms with Crippen molar-refractivity contribution < 1.29 is 9.53 Å². The van der Waals surface area contributed by atoms with Gasteiger partial charge in [0.2, 0.25) is 5.88 Å². The Morgan fingerprint density at radius 1 is 1.30 bits per heavy atom. The third kappa shape index (κ3) is 3.85. The van der Waals surface area contributed by atoms with E-state index in [-0.39, 0.29) is 12.0 Å². The van der Waals surface area contributed by atoms with Gasteiger partial charge in [-0.1, -0.05) is 18.2 Å². The van der Waals surface area contributed by atoms with E-state index < -0.39 is 0 Å². The van der Waals surface area contributed by atoms with Crippen LogP contribution in [0.2, 0.25) is 0 Å². The van der Waals surface area contributed by atoms with E-state index in [4.69, 9.17) is 4.74 Å². The summed E-state index contributed by atoms with van der Waals surface area (Å²) >= 11 is 1.88. The average Bonchev–Trinajstić information content (AvgIpc) is 3.04. The van der Waals surface area contributed by atoms with Crippen LogP contribution in [0.1, 0.15) is 27.9 Å². The Bertz CT molecular complexity index is 692. The summed E-state index contributed by atoms with van der Waals surface area (Å²) in [5.74, 6) is 2.49. The van der Waals surface area contributed by atoms with Gasteiger partial charge in [0.1, 0.15) is 6.10 Å². The standard InChI is InChI=1S/C18H20N2O2S/c1-12-4-3-5-13(2)17(12)20-18(21)14-6-8-19-16(10-14)22-15-7-9-23-11-15/h3-6,8,10,15H,7,9,11H2,1-2H3,(H,20,21). The van der Waals surface area contributed by atoms with Gasteiger partial charge in [-0.15, -0.1) is 0 Å². The van der Waals surface area contributed by atoms with Gasteiger partial charge in [0.15, 0.2) is 0 Å². The molecule has 1 aromatic carbocycles. The zero-order valence-corrected chi connectivity index (χ0v) is 14.2. The van der Waals surface area contributed by atoms with Crippen LogP contribution in [-0.4, -0.2) is 28.5 Å². The van der Waals surface area contributed by atoms with Crippen molar-refractivity contribution in [3.8, 4) is 5.88 Å². The predicted molar refractivity (Wildman–Crippen MR) is 94.5 cm³/mol. The van der Waals surface area contributed by atoms with Gasteiger partial charge in [-0.25, -0.2) is 4.98 Å². The Hall–Kier alpha value is -2.01. The van der Waals surface area contributed by atoms with Gasteiger partial charge < -0.3 is 10.1 Å². The first-order valence-electron chi connectivity index (χ1n) is 7.71. The number of hydrogen-bond donors (Lipinski definition) is 1. The highest BCUT2D eigenvalue weighted by molar-refractivity contribution is 7.99. The highest BCUT2D eigenvalue weighted by Crippen LogP contribution is 2.23. The number of para-hydroxylation sites is 1. The first-order chi connectivity index (χ1) is 11.1. The van der Waals surface area contributed by atoms with Crippen LogP contribution in [0.4, 0.5) is 5.69 Å². The van der Waals surface area contributed by atoms with Crippen LogP contribution in [0.15, 0.2) is 36.5 Å². The van der Waals surface area contributed by atoms with Crippen molar-refractivity contribution in [2.75, 3.05) is 16.8 Å². The van der Waals surface area contributed by atoms with Crippen molar-refractivity contribution in [3.63, 3.8) is 0 Å². The second-order valence-corrected chi connectivity index (χ2v) is 6.86. The second kappa shape index (κ2) is 7.04.